The van der Waals surface area contributed by atoms with Crippen LogP contribution in [0.15, 0.2) is 40.9 Å². The topological polar surface area (TPSA) is 51.2 Å². The molecule has 1 N–H and O–H groups in total. The lowest BCUT2D eigenvalue weighted by molar-refractivity contribution is 0.198. The van der Waals surface area contributed by atoms with Gasteiger partial charge in [-0.05, 0) is 48.1 Å². The van der Waals surface area contributed by atoms with Gasteiger partial charge in [0.1, 0.15) is 5.03 Å². The van der Waals surface area contributed by atoms with Crippen LogP contribution in [0, 0.1) is 5.92 Å². The first-order chi connectivity index (χ1) is 12.8. The van der Waals surface area contributed by atoms with E-state index in [4.69, 9.17) is 4.74 Å². The van der Waals surface area contributed by atoms with Gasteiger partial charge >= 0.3 is 6.09 Å². The second-order valence-corrected chi connectivity index (χ2v) is 8.74. The van der Waals surface area contributed by atoms with Crippen molar-refractivity contribution in [2.75, 3.05) is 5.75 Å². The maximum absolute atomic E-state index is 12.0. The molecule has 0 aromatic carbocycles. The fourth-order valence-corrected chi connectivity index (χ4v) is 4.82. The molecule has 3 rings (SSSR count). The van der Waals surface area contributed by atoms with Crippen LogP contribution >= 0.6 is 23.1 Å². The van der Waals surface area contributed by atoms with E-state index in [1.807, 2.05) is 17.5 Å². The zero-order valence-electron chi connectivity index (χ0n) is 15.0. The Morgan fingerprint density at radius 3 is 2.96 bits per heavy atom. The summed E-state index contributed by atoms with van der Waals surface area (Å²) in [6.45, 7) is 0.487. The number of nitrogens with zero attached hydrogens (tertiary/aromatic N) is 1. The standard InChI is InChI=1S/C20H26N2O2S2/c23-20(22-15-17-10-6-13-25-17)24-18-11-4-12-21-19(18)26-14-5-9-16-7-2-1-3-8-16/h4,6,10-13,16H,1-3,5,7-9,14-15H2,(H,22,23). The highest BCUT2D eigenvalue weighted by atomic mass is 32.2. The average Bonchev–Trinajstić information content (AvgIpc) is 3.19. The SMILES string of the molecule is O=C(NCc1cccs1)Oc1cccnc1SCCCC1CCCCC1. The van der Waals surface area contributed by atoms with Gasteiger partial charge in [-0.15, -0.1) is 23.1 Å². The van der Waals surface area contributed by atoms with Crippen molar-refractivity contribution in [3.8, 4) is 5.75 Å². The first kappa shape index (κ1) is 19.2. The first-order valence-electron chi connectivity index (χ1n) is 9.37. The van der Waals surface area contributed by atoms with E-state index in [2.05, 4.69) is 10.3 Å². The molecule has 1 amide bonds. The summed E-state index contributed by atoms with van der Waals surface area (Å²) in [4.78, 5) is 17.5. The van der Waals surface area contributed by atoms with Crippen molar-refractivity contribution < 1.29 is 9.53 Å². The molecule has 0 atom stereocenters. The Morgan fingerprint density at radius 1 is 1.27 bits per heavy atom. The zero-order valence-corrected chi connectivity index (χ0v) is 16.6. The number of nitrogens with one attached hydrogen (secondary N) is 1. The highest BCUT2D eigenvalue weighted by Gasteiger charge is 2.14. The van der Waals surface area contributed by atoms with Gasteiger partial charge in [-0.3, -0.25) is 0 Å². The van der Waals surface area contributed by atoms with Crippen molar-refractivity contribution in [3.63, 3.8) is 0 Å². The van der Waals surface area contributed by atoms with Crippen molar-refractivity contribution in [2.24, 2.45) is 5.92 Å². The molecule has 1 aliphatic carbocycles. The summed E-state index contributed by atoms with van der Waals surface area (Å²) in [6.07, 6.45) is 10.8. The number of amides is 1. The largest absolute Gasteiger partial charge is 0.412 e. The van der Waals surface area contributed by atoms with Crippen molar-refractivity contribution in [2.45, 2.75) is 56.5 Å². The normalized spacial score (nSPS) is 14.9. The Morgan fingerprint density at radius 2 is 2.15 bits per heavy atom. The predicted octanol–water partition coefficient (Wildman–Crippen LogP) is 5.88. The monoisotopic (exact) mass is 390 g/mol. The number of ether oxygens (including phenoxy) is 1. The summed E-state index contributed by atoms with van der Waals surface area (Å²) in [5.74, 6) is 2.46. The number of hydrogen-bond acceptors (Lipinski definition) is 5. The molecular weight excluding hydrogens is 364 g/mol. The van der Waals surface area contributed by atoms with Gasteiger partial charge in [-0.1, -0.05) is 38.2 Å². The van der Waals surface area contributed by atoms with E-state index in [-0.39, 0.29) is 0 Å². The van der Waals surface area contributed by atoms with Gasteiger partial charge in [0.15, 0.2) is 5.75 Å². The molecular formula is C20H26N2O2S2. The number of aromatic nitrogens is 1. The van der Waals surface area contributed by atoms with Gasteiger partial charge < -0.3 is 10.1 Å². The molecule has 0 saturated heterocycles. The van der Waals surface area contributed by atoms with Gasteiger partial charge in [0.2, 0.25) is 0 Å². The van der Waals surface area contributed by atoms with Crippen molar-refractivity contribution in [1.29, 1.82) is 0 Å². The smallest absolute Gasteiger partial charge is 0.407 e. The van der Waals surface area contributed by atoms with Gasteiger partial charge in [-0.25, -0.2) is 9.78 Å². The van der Waals surface area contributed by atoms with Gasteiger partial charge in [-0.2, -0.15) is 0 Å². The summed E-state index contributed by atoms with van der Waals surface area (Å²) in [5.41, 5.74) is 0. The zero-order chi connectivity index (χ0) is 18.0. The Kier molecular flexibility index (Phi) is 7.83. The summed E-state index contributed by atoms with van der Waals surface area (Å²) in [6, 6.07) is 7.56. The summed E-state index contributed by atoms with van der Waals surface area (Å²) >= 11 is 3.29. The van der Waals surface area contributed by atoms with E-state index in [1.165, 1.54) is 44.9 Å². The Bertz CT molecular complexity index is 670. The fourth-order valence-electron chi connectivity index (χ4n) is 3.29. The second kappa shape index (κ2) is 10.6. The van der Waals surface area contributed by atoms with Crippen LogP contribution in [0.1, 0.15) is 49.8 Å². The van der Waals surface area contributed by atoms with E-state index < -0.39 is 6.09 Å². The van der Waals surface area contributed by atoms with Crippen LogP contribution in [-0.2, 0) is 6.54 Å². The molecule has 4 nitrogen and oxygen atoms in total. The average molecular weight is 391 g/mol. The Balaban J connectivity index is 1.42. The lowest BCUT2D eigenvalue weighted by Crippen LogP contribution is -2.26. The molecule has 0 radical (unpaired) electrons. The van der Waals surface area contributed by atoms with E-state index in [1.54, 1.807) is 41.4 Å². The number of carbonyl (C=O) groups is 1. The lowest BCUT2D eigenvalue weighted by atomic mass is 9.86. The molecule has 6 heteroatoms. The Hall–Kier alpha value is -1.53. The molecule has 0 spiro atoms. The minimum absolute atomic E-state index is 0.435. The molecule has 2 aromatic rings. The lowest BCUT2D eigenvalue weighted by Gasteiger charge is -2.21. The van der Waals surface area contributed by atoms with Crippen LogP contribution in [0.4, 0.5) is 4.79 Å². The second-order valence-electron chi connectivity index (χ2n) is 6.62. The van der Waals surface area contributed by atoms with Crippen LogP contribution < -0.4 is 10.1 Å². The van der Waals surface area contributed by atoms with Gasteiger partial charge in [0.05, 0.1) is 6.54 Å². The molecule has 0 unspecified atom stereocenters. The molecule has 26 heavy (non-hydrogen) atoms. The maximum atomic E-state index is 12.0. The van der Waals surface area contributed by atoms with Crippen LogP contribution in [0.2, 0.25) is 0 Å². The predicted molar refractivity (Wildman–Crippen MR) is 108 cm³/mol. The van der Waals surface area contributed by atoms with Crippen LogP contribution in [0.5, 0.6) is 5.75 Å². The molecule has 1 saturated carbocycles. The highest BCUT2D eigenvalue weighted by molar-refractivity contribution is 7.99. The molecule has 1 fully saturated rings. The van der Waals surface area contributed by atoms with Gasteiger partial charge in [0, 0.05) is 11.1 Å². The Labute approximate surface area is 163 Å². The third-order valence-electron chi connectivity index (χ3n) is 4.65. The molecule has 140 valence electrons. The first-order valence-corrected chi connectivity index (χ1v) is 11.2. The fraction of sp³-hybridized carbons (Fsp3) is 0.500. The molecule has 2 heterocycles. The van der Waals surface area contributed by atoms with Crippen molar-refractivity contribution in [1.82, 2.24) is 10.3 Å². The minimum Gasteiger partial charge on any atom is -0.407 e. The van der Waals surface area contributed by atoms with Crippen molar-refractivity contribution >= 4 is 29.2 Å². The number of carbonyl (C=O) groups excluding carboxylic acids is 1. The van der Waals surface area contributed by atoms with Crippen LogP contribution in [-0.4, -0.2) is 16.8 Å². The van der Waals surface area contributed by atoms with E-state index in [0.29, 0.717) is 12.3 Å². The number of hydrogen-bond donors (Lipinski definition) is 1. The van der Waals surface area contributed by atoms with Crippen LogP contribution in [0.3, 0.4) is 0 Å². The summed E-state index contributed by atoms with van der Waals surface area (Å²) < 4.78 is 5.46. The molecule has 0 aliphatic heterocycles. The van der Waals surface area contributed by atoms with E-state index >= 15 is 0 Å². The summed E-state index contributed by atoms with van der Waals surface area (Å²) in [7, 11) is 0. The van der Waals surface area contributed by atoms with E-state index in [0.717, 1.165) is 21.6 Å². The maximum Gasteiger partial charge on any atom is 0.412 e. The number of thioether (sulfide) groups is 1. The highest BCUT2D eigenvalue weighted by Crippen LogP contribution is 2.31. The van der Waals surface area contributed by atoms with Crippen molar-refractivity contribution in [3.05, 3.63) is 40.7 Å². The van der Waals surface area contributed by atoms with Gasteiger partial charge in [0.25, 0.3) is 0 Å². The molecule has 0 bridgehead atoms. The quantitative estimate of drug-likeness (QED) is 0.451. The van der Waals surface area contributed by atoms with E-state index in [9.17, 15) is 4.79 Å². The molecule has 2 aromatic heterocycles. The minimum atomic E-state index is -0.435. The summed E-state index contributed by atoms with van der Waals surface area (Å²) in [5, 5.41) is 5.57. The number of rotatable bonds is 8. The third kappa shape index (κ3) is 6.32. The number of thiophene rings is 1. The number of pyridine rings is 1. The third-order valence-corrected chi connectivity index (χ3v) is 6.60. The van der Waals surface area contributed by atoms with Crippen LogP contribution in [0.25, 0.3) is 0 Å². The molecule has 1 aliphatic rings.